The zero-order valence-corrected chi connectivity index (χ0v) is 18.7. The van der Waals surface area contributed by atoms with Gasteiger partial charge in [0.2, 0.25) is 5.91 Å². The second-order valence-corrected chi connectivity index (χ2v) is 8.92. The predicted octanol–water partition coefficient (Wildman–Crippen LogP) is 3.31. The van der Waals surface area contributed by atoms with Crippen LogP contribution in [-0.4, -0.2) is 24.4 Å². The van der Waals surface area contributed by atoms with E-state index in [1.807, 2.05) is 0 Å². The number of aromatic nitrogens is 4. The summed E-state index contributed by atoms with van der Waals surface area (Å²) >= 11 is 14.3. The average molecular weight is 482 g/mol. The lowest BCUT2D eigenvalue weighted by atomic mass is 10.2. The molecule has 0 saturated carbocycles. The number of nitrogens with one attached hydrogen (secondary N) is 1. The maximum Gasteiger partial charge on any atom is 0.331 e. The molecule has 30 heavy (non-hydrogen) atoms. The van der Waals surface area contributed by atoms with Crippen LogP contribution in [0.1, 0.15) is 5.69 Å². The van der Waals surface area contributed by atoms with Gasteiger partial charge < -0.3 is 5.32 Å². The summed E-state index contributed by atoms with van der Waals surface area (Å²) in [6, 6.07) is 5.09. The molecule has 0 atom stereocenters. The number of anilines is 1. The summed E-state index contributed by atoms with van der Waals surface area (Å²) in [5, 5.41) is 6.14. The van der Waals surface area contributed by atoms with Crippen LogP contribution < -0.4 is 16.6 Å². The van der Waals surface area contributed by atoms with Gasteiger partial charge >= 0.3 is 5.69 Å². The van der Waals surface area contributed by atoms with Crippen LogP contribution in [0.25, 0.3) is 21.5 Å². The lowest BCUT2D eigenvalue weighted by molar-refractivity contribution is -0.115. The average Bonchev–Trinajstić information content (AvgIpc) is 3.31. The Hall–Kier alpha value is -2.53. The minimum absolute atomic E-state index is 0.120. The Kier molecular flexibility index (Phi) is 5.49. The van der Waals surface area contributed by atoms with Gasteiger partial charge in [-0.15, -0.1) is 11.3 Å². The fraction of sp³-hybridized carbons (Fsp3) is 0.167. The number of carbonyl (C=O) groups excluding carboxylic acids is 1. The molecule has 3 aromatic heterocycles. The Bertz CT molecular complexity index is 1400. The molecule has 154 valence electrons. The topological polar surface area (TPSA) is 98.9 Å². The van der Waals surface area contributed by atoms with Crippen molar-refractivity contribution in [3.05, 3.63) is 60.2 Å². The normalized spacial score (nSPS) is 11.2. The molecule has 0 aliphatic carbocycles. The van der Waals surface area contributed by atoms with Gasteiger partial charge in [0.25, 0.3) is 5.56 Å². The van der Waals surface area contributed by atoms with Crippen molar-refractivity contribution < 1.29 is 4.79 Å². The Morgan fingerprint density at radius 1 is 1.13 bits per heavy atom. The summed E-state index contributed by atoms with van der Waals surface area (Å²) < 4.78 is 6.56. The molecule has 1 N–H and O–H groups in total. The molecule has 0 radical (unpaired) electrons. The molecule has 0 aliphatic heterocycles. The first-order valence-corrected chi connectivity index (χ1v) is 10.9. The van der Waals surface area contributed by atoms with E-state index >= 15 is 0 Å². The Morgan fingerprint density at radius 2 is 1.83 bits per heavy atom. The summed E-state index contributed by atoms with van der Waals surface area (Å²) in [7, 11) is 2.95. The van der Waals surface area contributed by atoms with Crippen molar-refractivity contribution in [3.63, 3.8) is 0 Å². The van der Waals surface area contributed by atoms with Crippen LogP contribution in [0, 0.1) is 0 Å². The smallest absolute Gasteiger partial charge is 0.302 e. The highest BCUT2D eigenvalue weighted by atomic mass is 35.5. The van der Waals surface area contributed by atoms with Crippen molar-refractivity contribution >= 4 is 67.3 Å². The molecule has 8 nitrogen and oxygen atoms in total. The minimum atomic E-state index is -0.473. The third-order valence-electron chi connectivity index (χ3n) is 4.38. The highest BCUT2D eigenvalue weighted by Crippen LogP contribution is 2.30. The third-order valence-corrected chi connectivity index (χ3v) is 6.54. The molecule has 1 aromatic carbocycles. The number of rotatable bonds is 4. The minimum Gasteiger partial charge on any atom is -0.302 e. The van der Waals surface area contributed by atoms with Crippen LogP contribution >= 0.6 is 46.1 Å². The van der Waals surface area contributed by atoms with E-state index in [1.165, 1.54) is 23.0 Å². The van der Waals surface area contributed by atoms with Gasteiger partial charge in [-0.1, -0.05) is 23.2 Å². The van der Waals surface area contributed by atoms with Crippen LogP contribution in [0.3, 0.4) is 0 Å². The number of benzene rings is 1. The maximum atomic E-state index is 12.5. The second-order valence-electron chi connectivity index (χ2n) is 6.44. The van der Waals surface area contributed by atoms with E-state index < -0.39 is 11.2 Å². The van der Waals surface area contributed by atoms with Crippen LogP contribution in [-0.2, 0) is 25.3 Å². The summed E-state index contributed by atoms with van der Waals surface area (Å²) in [4.78, 5) is 41.9. The number of thiazole rings is 1. The van der Waals surface area contributed by atoms with Gasteiger partial charge in [-0.05, 0) is 29.7 Å². The summed E-state index contributed by atoms with van der Waals surface area (Å²) in [5.74, 6) is -0.372. The fourth-order valence-electron chi connectivity index (χ4n) is 2.93. The molecule has 0 aliphatic rings. The van der Waals surface area contributed by atoms with E-state index in [0.29, 0.717) is 31.4 Å². The highest BCUT2D eigenvalue weighted by molar-refractivity contribution is 7.14. The summed E-state index contributed by atoms with van der Waals surface area (Å²) in [6.45, 7) is 0. The number of fused-ring (bicyclic) bond motifs is 1. The summed E-state index contributed by atoms with van der Waals surface area (Å²) in [5.41, 5.74) is 0.770. The van der Waals surface area contributed by atoms with Gasteiger partial charge in [0.05, 0.1) is 23.2 Å². The molecule has 0 bridgehead atoms. The monoisotopic (exact) mass is 481 g/mol. The van der Waals surface area contributed by atoms with Crippen LogP contribution in [0.5, 0.6) is 0 Å². The van der Waals surface area contributed by atoms with E-state index in [9.17, 15) is 14.4 Å². The third kappa shape index (κ3) is 3.79. The maximum absolute atomic E-state index is 12.5. The summed E-state index contributed by atoms with van der Waals surface area (Å²) in [6.07, 6.45) is -0.120. The molecule has 1 amide bonds. The molecule has 4 aromatic rings. The van der Waals surface area contributed by atoms with Crippen LogP contribution in [0.2, 0.25) is 10.0 Å². The van der Waals surface area contributed by atoms with E-state index in [0.717, 1.165) is 21.7 Å². The Balaban J connectivity index is 1.57. The molecule has 0 saturated heterocycles. The van der Waals surface area contributed by atoms with Gasteiger partial charge in [0.1, 0.15) is 4.83 Å². The first-order valence-electron chi connectivity index (χ1n) is 8.50. The predicted molar refractivity (Wildman–Crippen MR) is 120 cm³/mol. The van der Waals surface area contributed by atoms with Gasteiger partial charge in [0, 0.05) is 35.1 Å². The quantitative estimate of drug-likeness (QED) is 0.481. The number of nitrogens with zero attached hydrogens (tertiary/aromatic N) is 4. The highest BCUT2D eigenvalue weighted by Gasteiger charge is 2.19. The molecular weight excluding hydrogens is 469 g/mol. The van der Waals surface area contributed by atoms with Crippen molar-refractivity contribution in [1.82, 2.24) is 18.5 Å². The van der Waals surface area contributed by atoms with E-state index in [1.54, 1.807) is 30.6 Å². The number of halogens is 2. The number of hydrogen-bond acceptors (Lipinski definition) is 7. The molecule has 3 heterocycles. The SMILES string of the molecule is Cn1c(=O)c2c(CC(=O)Nc3nc(-c4cc(Cl)cc(Cl)c4)cs3)nsc2n(C)c1=O. The van der Waals surface area contributed by atoms with Crippen molar-refractivity contribution in [3.8, 4) is 11.3 Å². The largest absolute Gasteiger partial charge is 0.331 e. The number of amides is 1. The van der Waals surface area contributed by atoms with Crippen LogP contribution in [0.4, 0.5) is 5.13 Å². The molecule has 12 heteroatoms. The standard InChI is InChI=1S/C18H13Cl2N5O3S2/c1-24-15(27)14-11(23-30-16(14)25(2)18(24)28)6-13(26)22-17-21-12(7-29-17)8-3-9(19)5-10(20)4-8/h3-5,7H,6H2,1-2H3,(H,21,22,26). The fourth-order valence-corrected chi connectivity index (χ4v) is 5.04. The molecule has 0 spiro atoms. The lowest BCUT2D eigenvalue weighted by Gasteiger charge is -2.04. The van der Waals surface area contributed by atoms with Crippen molar-refractivity contribution in [2.45, 2.75) is 6.42 Å². The number of aryl methyl sites for hydroxylation is 1. The van der Waals surface area contributed by atoms with Gasteiger partial charge in [-0.25, -0.2) is 9.78 Å². The first kappa shape index (κ1) is 20.7. The van der Waals surface area contributed by atoms with Crippen molar-refractivity contribution in [2.75, 3.05) is 5.32 Å². The van der Waals surface area contributed by atoms with Gasteiger partial charge in [-0.2, -0.15) is 4.37 Å². The van der Waals surface area contributed by atoms with Crippen LogP contribution in [0.15, 0.2) is 33.2 Å². The van der Waals surface area contributed by atoms with Crippen molar-refractivity contribution in [2.24, 2.45) is 14.1 Å². The molecule has 4 rings (SSSR count). The zero-order chi connectivity index (χ0) is 21.6. The van der Waals surface area contributed by atoms with Gasteiger partial charge in [0.15, 0.2) is 5.13 Å². The molecular formula is C18H13Cl2N5O3S2. The Morgan fingerprint density at radius 3 is 2.53 bits per heavy atom. The second kappa shape index (κ2) is 7.95. The molecule has 0 unspecified atom stereocenters. The number of carbonyl (C=O) groups is 1. The van der Waals surface area contributed by atoms with E-state index in [2.05, 4.69) is 14.7 Å². The molecule has 0 fully saturated rings. The van der Waals surface area contributed by atoms with E-state index in [-0.39, 0.29) is 17.7 Å². The van der Waals surface area contributed by atoms with E-state index in [4.69, 9.17) is 23.2 Å². The van der Waals surface area contributed by atoms with Crippen molar-refractivity contribution in [1.29, 1.82) is 0 Å². The Labute approximate surface area is 187 Å². The van der Waals surface area contributed by atoms with Gasteiger partial charge in [-0.3, -0.25) is 18.7 Å². The lowest BCUT2D eigenvalue weighted by Crippen LogP contribution is -2.36. The number of hydrogen-bond donors (Lipinski definition) is 1. The zero-order valence-electron chi connectivity index (χ0n) is 15.6. The first-order chi connectivity index (χ1) is 14.2.